The van der Waals surface area contributed by atoms with Gasteiger partial charge in [-0.25, -0.2) is 0 Å². The largest absolute Gasteiger partial charge is 0.490 e. The molecular formula is C27H38N2O3. The molecule has 0 spiro atoms. The number of ether oxygens (including phenoxy) is 1. The quantitative estimate of drug-likeness (QED) is 0.653. The molecule has 2 aromatic rings. The minimum Gasteiger partial charge on any atom is -0.490 e. The van der Waals surface area contributed by atoms with Crippen LogP contribution in [-0.2, 0) is 11.2 Å². The fraction of sp³-hybridized carbons (Fsp3) is 0.519. The zero-order valence-corrected chi connectivity index (χ0v) is 20.0. The van der Waals surface area contributed by atoms with E-state index >= 15 is 0 Å². The molecule has 1 atom stereocenters. The Balaban J connectivity index is 1.48. The molecule has 0 bridgehead atoms. The minimum absolute atomic E-state index is 0.0305. The van der Waals surface area contributed by atoms with Crippen molar-refractivity contribution in [2.24, 2.45) is 0 Å². The van der Waals surface area contributed by atoms with E-state index in [9.17, 15) is 9.90 Å². The highest BCUT2D eigenvalue weighted by molar-refractivity contribution is 5.78. The number of hydrogen-bond donors (Lipinski definition) is 2. The van der Waals surface area contributed by atoms with E-state index in [2.05, 4.69) is 49.2 Å². The number of nitrogens with one attached hydrogen (secondary N) is 1. The summed E-state index contributed by atoms with van der Waals surface area (Å²) >= 11 is 0. The first kappa shape index (κ1) is 24.3. The third-order valence-corrected chi connectivity index (χ3v) is 6.17. The molecule has 0 aliphatic carbocycles. The lowest BCUT2D eigenvalue weighted by Gasteiger charge is -2.29. The van der Waals surface area contributed by atoms with Crippen LogP contribution in [0.25, 0.3) is 0 Å². The summed E-state index contributed by atoms with van der Waals surface area (Å²) in [5.41, 5.74) is 2.31. The molecule has 32 heavy (non-hydrogen) atoms. The monoisotopic (exact) mass is 438 g/mol. The first-order valence-corrected chi connectivity index (χ1v) is 11.6. The summed E-state index contributed by atoms with van der Waals surface area (Å²) in [6.07, 6.45) is 2.90. The Bertz CT molecular complexity index is 897. The standard InChI is InChI=1S/C27H38N2O3/c1-21-11-12-24(22(2)17-21)32-20-27(31)13-8-15-29(16-14-27)19-25(30)28-26(3,4)18-23-9-6-5-7-10-23/h5-7,9-12,17,31H,8,13-16,18-20H2,1-4H3,(H,28,30)/t27-/m1/s1. The lowest BCUT2D eigenvalue weighted by Crippen LogP contribution is -2.49. The Morgan fingerprint density at radius 2 is 1.88 bits per heavy atom. The van der Waals surface area contributed by atoms with E-state index in [1.54, 1.807) is 0 Å². The number of carbonyl (C=O) groups excluding carboxylic acids is 1. The molecule has 1 amide bonds. The van der Waals surface area contributed by atoms with Crippen molar-refractivity contribution in [2.45, 2.75) is 64.5 Å². The van der Waals surface area contributed by atoms with Gasteiger partial charge < -0.3 is 15.2 Å². The van der Waals surface area contributed by atoms with Crippen LogP contribution in [0.2, 0.25) is 0 Å². The minimum atomic E-state index is -0.866. The number of likely N-dealkylation sites (tertiary alicyclic amines) is 1. The summed E-state index contributed by atoms with van der Waals surface area (Å²) in [6.45, 7) is 10.3. The van der Waals surface area contributed by atoms with Gasteiger partial charge in [-0.05, 0) is 77.1 Å². The number of amides is 1. The van der Waals surface area contributed by atoms with Gasteiger partial charge in [0.1, 0.15) is 12.4 Å². The lowest BCUT2D eigenvalue weighted by atomic mass is 9.95. The van der Waals surface area contributed by atoms with Gasteiger partial charge in [0.2, 0.25) is 5.91 Å². The van der Waals surface area contributed by atoms with Crippen LogP contribution in [-0.4, -0.2) is 53.3 Å². The average molecular weight is 439 g/mol. The summed E-state index contributed by atoms with van der Waals surface area (Å²) in [7, 11) is 0. The molecule has 0 saturated carbocycles. The second-order valence-corrected chi connectivity index (χ2v) is 10.0. The average Bonchev–Trinajstić information content (AvgIpc) is 2.89. The van der Waals surface area contributed by atoms with Gasteiger partial charge >= 0.3 is 0 Å². The Kier molecular flexibility index (Phi) is 7.96. The van der Waals surface area contributed by atoms with E-state index in [0.29, 0.717) is 25.9 Å². The van der Waals surface area contributed by atoms with Crippen molar-refractivity contribution in [3.05, 3.63) is 65.2 Å². The number of aliphatic hydroxyl groups is 1. The number of rotatable bonds is 8. The first-order chi connectivity index (χ1) is 15.1. The van der Waals surface area contributed by atoms with Gasteiger partial charge in [-0.2, -0.15) is 0 Å². The molecule has 1 aliphatic rings. The van der Waals surface area contributed by atoms with Gasteiger partial charge in [-0.3, -0.25) is 9.69 Å². The molecular weight excluding hydrogens is 400 g/mol. The van der Waals surface area contributed by atoms with Crippen molar-refractivity contribution < 1.29 is 14.6 Å². The molecule has 174 valence electrons. The van der Waals surface area contributed by atoms with E-state index in [1.165, 1.54) is 11.1 Å². The second-order valence-electron chi connectivity index (χ2n) is 10.0. The van der Waals surface area contributed by atoms with Crippen LogP contribution in [0.1, 0.15) is 49.8 Å². The molecule has 1 aliphatic heterocycles. The van der Waals surface area contributed by atoms with Crippen LogP contribution in [0.5, 0.6) is 5.75 Å². The SMILES string of the molecule is Cc1ccc(OC[C@@]2(O)CCCN(CC(=O)NC(C)(C)Cc3ccccc3)CC2)c(C)c1. The molecule has 0 unspecified atom stereocenters. The number of aryl methyl sites for hydroxylation is 2. The maximum atomic E-state index is 12.7. The molecule has 5 nitrogen and oxygen atoms in total. The predicted molar refractivity (Wildman–Crippen MR) is 129 cm³/mol. The summed E-state index contributed by atoms with van der Waals surface area (Å²) in [5.74, 6) is 0.855. The molecule has 1 fully saturated rings. The van der Waals surface area contributed by atoms with Gasteiger partial charge in [-0.1, -0.05) is 48.0 Å². The Morgan fingerprint density at radius 1 is 1.12 bits per heavy atom. The Labute approximate surface area is 192 Å². The Morgan fingerprint density at radius 3 is 2.59 bits per heavy atom. The number of hydrogen-bond acceptors (Lipinski definition) is 4. The maximum Gasteiger partial charge on any atom is 0.234 e. The van der Waals surface area contributed by atoms with Gasteiger partial charge in [-0.15, -0.1) is 0 Å². The predicted octanol–water partition coefficient (Wildman–Crippen LogP) is 4.04. The molecule has 2 N–H and O–H groups in total. The number of nitrogens with zero attached hydrogens (tertiary/aromatic N) is 1. The van der Waals surface area contributed by atoms with Gasteiger partial charge in [0.25, 0.3) is 0 Å². The highest BCUT2D eigenvalue weighted by Crippen LogP contribution is 2.26. The molecule has 5 heteroatoms. The molecule has 0 aromatic heterocycles. The van der Waals surface area contributed by atoms with Crippen LogP contribution >= 0.6 is 0 Å². The van der Waals surface area contributed by atoms with Crippen molar-refractivity contribution in [2.75, 3.05) is 26.2 Å². The van der Waals surface area contributed by atoms with Gasteiger partial charge in [0.05, 0.1) is 12.1 Å². The fourth-order valence-corrected chi connectivity index (χ4v) is 4.48. The topological polar surface area (TPSA) is 61.8 Å². The van der Waals surface area contributed by atoms with E-state index in [1.807, 2.05) is 37.3 Å². The smallest absolute Gasteiger partial charge is 0.234 e. The molecule has 1 saturated heterocycles. The van der Waals surface area contributed by atoms with Crippen LogP contribution in [0, 0.1) is 13.8 Å². The zero-order valence-electron chi connectivity index (χ0n) is 20.0. The molecule has 0 radical (unpaired) electrons. The lowest BCUT2D eigenvalue weighted by molar-refractivity contribution is -0.123. The van der Waals surface area contributed by atoms with Crippen LogP contribution in [0.15, 0.2) is 48.5 Å². The summed E-state index contributed by atoms with van der Waals surface area (Å²) in [6, 6.07) is 16.3. The van der Waals surface area contributed by atoms with Crippen molar-refractivity contribution in [3.63, 3.8) is 0 Å². The Hall–Kier alpha value is -2.37. The molecule has 2 aromatic carbocycles. The van der Waals surface area contributed by atoms with E-state index in [4.69, 9.17) is 4.74 Å². The van der Waals surface area contributed by atoms with Crippen LogP contribution in [0.4, 0.5) is 0 Å². The molecule has 3 rings (SSSR count). The molecule has 1 heterocycles. The normalized spacial score (nSPS) is 19.9. The van der Waals surface area contributed by atoms with E-state index in [0.717, 1.165) is 30.7 Å². The number of carbonyl (C=O) groups is 1. The zero-order chi connectivity index (χ0) is 23.2. The third-order valence-electron chi connectivity index (χ3n) is 6.17. The number of benzene rings is 2. The van der Waals surface area contributed by atoms with Crippen molar-refractivity contribution in [1.29, 1.82) is 0 Å². The highest BCUT2D eigenvalue weighted by Gasteiger charge is 2.32. The second kappa shape index (κ2) is 10.5. The van der Waals surface area contributed by atoms with Crippen molar-refractivity contribution >= 4 is 5.91 Å². The first-order valence-electron chi connectivity index (χ1n) is 11.6. The van der Waals surface area contributed by atoms with E-state index < -0.39 is 5.60 Å². The van der Waals surface area contributed by atoms with Crippen molar-refractivity contribution in [3.8, 4) is 5.75 Å². The summed E-state index contributed by atoms with van der Waals surface area (Å²) < 4.78 is 5.98. The summed E-state index contributed by atoms with van der Waals surface area (Å²) in [4.78, 5) is 14.9. The van der Waals surface area contributed by atoms with Crippen molar-refractivity contribution in [1.82, 2.24) is 10.2 Å². The van der Waals surface area contributed by atoms with Crippen LogP contribution in [0.3, 0.4) is 0 Å². The fourth-order valence-electron chi connectivity index (χ4n) is 4.48. The van der Waals surface area contributed by atoms with Gasteiger partial charge in [0, 0.05) is 12.1 Å². The maximum absolute atomic E-state index is 12.7. The third kappa shape index (κ3) is 7.35. The van der Waals surface area contributed by atoms with Crippen LogP contribution < -0.4 is 10.1 Å². The summed E-state index contributed by atoms with van der Waals surface area (Å²) in [5, 5.41) is 14.3. The van der Waals surface area contributed by atoms with Gasteiger partial charge in [0.15, 0.2) is 0 Å². The highest BCUT2D eigenvalue weighted by atomic mass is 16.5. The van der Waals surface area contributed by atoms with E-state index in [-0.39, 0.29) is 18.1 Å².